The van der Waals surface area contributed by atoms with Crippen molar-refractivity contribution in [2.75, 3.05) is 24.6 Å². The minimum absolute atomic E-state index is 0.0146. The highest BCUT2D eigenvalue weighted by Gasteiger charge is 2.43. The Morgan fingerprint density at radius 1 is 1.19 bits per heavy atom. The molecule has 0 aromatic heterocycles. The second-order valence-electron chi connectivity index (χ2n) is 7.33. The molecule has 1 unspecified atom stereocenters. The smallest absolute Gasteiger partial charge is 0.329 e. The molecule has 2 aliphatic rings. The van der Waals surface area contributed by atoms with E-state index in [0.29, 0.717) is 38.8 Å². The van der Waals surface area contributed by atoms with Crippen LogP contribution in [0.5, 0.6) is 0 Å². The van der Waals surface area contributed by atoms with Gasteiger partial charge in [0.15, 0.2) is 0 Å². The molecule has 0 spiro atoms. The van der Waals surface area contributed by atoms with Crippen LogP contribution >= 0.6 is 11.8 Å². The number of aliphatic carboxylic acids is 1. The lowest BCUT2D eigenvalue weighted by atomic mass is 9.89. The Hall–Kier alpha value is -2.02. The molecule has 2 aliphatic heterocycles. The van der Waals surface area contributed by atoms with Gasteiger partial charge < -0.3 is 15.3 Å². The highest BCUT2D eigenvalue weighted by atomic mass is 32.2. The van der Waals surface area contributed by atoms with Crippen LogP contribution in [0, 0.1) is 5.92 Å². The fourth-order valence-electron chi connectivity index (χ4n) is 3.75. The number of hydrogen-bond acceptors (Lipinski definition) is 4. The standard InChI is InChI=1S/C20H26N2O4S/c23-17(13-15-5-2-1-3-6-15)22-10-4-7-16(14-22)18(24)21-20(19(25)26)8-11-27-12-9-20/h1-3,5-6,16H,4,7-14H2,(H,21,24)(H,25,26). The van der Waals surface area contributed by atoms with E-state index in [9.17, 15) is 19.5 Å². The van der Waals surface area contributed by atoms with E-state index in [1.54, 1.807) is 16.7 Å². The van der Waals surface area contributed by atoms with Gasteiger partial charge in [0.1, 0.15) is 5.54 Å². The van der Waals surface area contributed by atoms with E-state index in [4.69, 9.17) is 0 Å². The zero-order valence-corrected chi connectivity index (χ0v) is 16.2. The topological polar surface area (TPSA) is 86.7 Å². The Kier molecular flexibility index (Phi) is 6.42. The Balaban J connectivity index is 1.60. The van der Waals surface area contributed by atoms with E-state index in [1.165, 1.54) is 0 Å². The molecule has 27 heavy (non-hydrogen) atoms. The maximum absolute atomic E-state index is 12.8. The predicted octanol–water partition coefficient (Wildman–Crippen LogP) is 1.93. The molecule has 0 bridgehead atoms. The van der Waals surface area contributed by atoms with Crippen LogP contribution in [-0.2, 0) is 20.8 Å². The number of likely N-dealkylation sites (tertiary alicyclic amines) is 1. The number of amides is 2. The first-order valence-corrected chi connectivity index (χ1v) is 10.6. The third-order valence-corrected chi connectivity index (χ3v) is 6.45. The van der Waals surface area contributed by atoms with Crippen molar-refractivity contribution in [1.82, 2.24) is 10.2 Å². The summed E-state index contributed by atoms with van der Waals surface area (Å²) in [6, 6.07) is 9.57. The molecule has 7 heteroatoms. The van der Waals surface area contributed by atoms with Gasteiger partial charge in [-0.1, -0.05) is 30.3 Å². The Morgan fingerprint density at radius 2 is 1.89 bits per heavy atom. The number of thioether (sulfide) groups is 1. The summed E-state index contributed by atoms with van der Waals surface area (Å²) in [6.07, 6.45) is 2.66. The van der Waals surface area contributed by atoms with Gasteiger partial charge in [-0.05, 0) is 42.8 Å². The molecule has 3 rings (SSSR count). The van der Waals surface area contributed by atoms with Crippen molar-refractivity contribution in [2.45, 2.75) is 37.6 Å². The molecule has 0 aliphatic carbocycles. The predicted molar refractivity (Wildman–Crippen MR) is 105 cm³/mol. The lowest BCUT2D eigenvalue weighted by Gasteiger charge is -2.37. The van der Waals surface area contributed by atoms with Gasteiger partial charge in [0, 0.05) is 13.1 Å². The Labute approximate surface area is 163 Å². The van der Waals surface area contributed by atoms with Gasteiger partial charge in [0.2, 0.25) is 11.8 Å². The van der Waals surface area contributed by atoms with Crippen LogP contribution in [0.3, 0.4) is 0 Å². The van der Waals surface area contributed by atoms with Gasteiger partial charge in [-0.3, -0.25) is 9.59 Å². The maximum atomic E-state index is 12.8. The minimum Gasteiger partial charge on any atom is -0.480 e. The van der Waals surface area contributed by atoms with Crippen molar-refractivity contribution in [3.63, 3.8) is 0 Å². The van der Waals surface area contributed by atoms with Crippen LogP contribution < -0.4 is 5.32 Å². The van der Waals surface area contributed by atoms with Crippen LogP contribution in [0.2, 0.25) is 0 Å². The van der Waals surface area contributed by atoms with E-state index in [0.717, 1.165) is 23.5 Å². The van der Waals surface area contributed by atoms with E-state index >= 15 is 0 Å². The molecule has 1 atom stereocenters. The molecule has 1 aromatic carbocycles. The highest BCUT2D eigenvalue weighted by molar-refractivity contribution is 7.99. The average molecular weight is 391 g/mol. The monoisotopic (exact) mass is 390 g/mol. The van der Waals surface area contributed by atoms with Crippen molar-refractivity contribution < 1.29 is 19.5 Å². The number of rotatable bonds is 5. The van der Waals surface area contributed by atoms with Crippen LogP contribution in [0.25, 0.3) is 0 Å². The summed E-state index contributed by atoms with van der Waals surface area (Å²) >= 11 is 1.71. The SMILES string of the molecule is O=C(NC1(C(=O)O)CCSCC1)C1CCCN(C(=O)Cc2ccccc2)C1. The number of benzene rings is 1. The number of carboxylic acid groups (broad SMARTS) is 1. The first kappa shape index (κ1) is 19.7. The number of nitrogens with zero attached hydrogens (tertiary/aromatic N) is 1. The number of hydrogen-bond donors (Lipinski definition) is 2. The summed E-state index contributed by atoms with van der Waals surface area (Å²) in [4.78, 5) is 38.9. The summed E-state index contributed by atoms with van der Waals surface area (Å²) in [7, 11) is 0. The fourth-order valence-corrected chi connectivity index (χ4v) is 4.94. The number of carboxylic acids is 1. The average Bonchev–Trinajstić information content (AvgIpc) is 2.69. The molecular formula is C20H26N2O4S. The quantitative estimate of drug-likeness (QED) is 0.802. The summed E-state index contributed by atoms with van der Waals surface area (Å²) in [5, 5.41) is 12.5. The van der Waals surface area contributed by atoms with Gasteiger partial charge in [-0.15, -0.1) is 0 Å². The lowest BCUT2D eigenvalue weighted by Crippen LogP contribution is -2.59. The molecule has 2 N–H and O–H groups in total. The van der Waals surface area contributed by atoms with Gasteiger partial charge in [0.25, 0.3) is 0 Å². The first-order valence-electron chi connectivity index (χ1n) is 9.45. The highest BCUT2D eigenvalue weighted by Crippen LogP contribution is 2.28. The number of carbonyl (C=O) groups excluding carboxylic acids is 2. The first-order chi connectivity index (χ1) is 13.0. The van der Waals surface area contributed by atoms with Crippen molar-refractivity contribution in [3.8, 4) is 0 Å². The summed E-state index contributed by atoms with van der Waals surface area (Å²) < 4.78 is 0. The number of piperidine rings is 1. The van der Waals surface area contributed by atoms with Gasteiger partial charge >= 0.3 is 5.97 Å². The molecule has 6 nitrogen and oxygen atoms in total. The molecule has 0 saturated carbocycles. The lowest BCUT2D eigenvalue weighted by molar-refractivity contribution is -0.149. The van der Waals surface area contributed by atoms with E-state index < -0.39 is 11.5 Å². The Morgan fingerprint density at radius 3 is 2.56 bits per heavy atom. The van der Waals surface area contributed by atoms with E-state index in [-0.39, 0.29) is 17.7 Å². The minimum atomic E-state index is -1.15. The van der Waals surface area contributed by atoms with Gasteiger partial charge in [-0.25, -0.2) is 4.79 Å². The molecule has 2 heterocycles. The Bertz CT molecular complexity index is 688. The van der Waals surface area contributed by atoms with Crippen molar-refractivity contribution in [1.29, 1.82) is 0 Å². The maximum Gasteiger partial charge on any atom is 0.329 e. The largest absolute Gasteiger partial charge is 0.480 e. The summed E-state index contributed by atoms with van der Waals surface area (Å²) in [6.45, 7) is 1.01. The fraction of sp³-hybridized carbons (Fsp3) is 0.550. The zero-order valence-electron chi connectivity index (χ0n) is 15.4. The number of carbonyl (C=O) groups is 3. The summed E-state index contributed by atoms with van der Waals surface area (Å²) in [5.74, 6) is -0.0480. The van der Waals surface area contributed by atoms with Gasteiger partial charge in [0.05, 0.1) is 12.3 Å². The molecule has 2 saturated heterocycles. The second kappa shape index (κ2) is 8.78. The molecule has 2 fully saturated rings. The summed E-state index contributed by atoms with van der Waals surface area (Å²) in [5.41, 5.74) is -0.197. The van der Waals surface area contributed by atoms with Crippen molar-refractivity contribution in [3.05, 3.63) is 35.9 Å². The van der Waals surface area contributed by atoms with E-state index in [1.807, 2.05) is 30.3 Å². The third-order valence-electron chi connectivity index (χ3n) is 5.46. The van der Waals surface area contributed by atoms with Crippen molar-refractivity contribution >= 4 is 29.5 Å². The third kappa shape index (κ3) is 4.83. The van der Waals surface area contributed by atoms with Crippen LogP contribution in [0.15, 0.2) is 30.3 Å². The van der Waals surface area contributed by atoms with Crippen LogP contribution in [-0.4, -0.2) is 57.9 Å². The number of nitrogens with one attached hydrogen (secondary N) is 1. The van der Waals surface area contributed by atoms with Crippen molar-refractivity contribution in [2.24, 2.45) is 5.92 Å². The van der Waals surface area contributed by atoms with Gasteiger partial charge in [-0.2, -0.15) is 11.8 Å². The second-order valence-corrected chi connectivity index (χ2v) is 8.55. The molecule has 2 amide bonds. The molecule has 146 valence electrons. The van der Waals surface area contributed by atoms with E-state index in [2.05, 4.69) is 5.32 Å². The normalized spacial score (nSPS) is 22.1. The zero-order chi connectivity index (χ0) is 19.3. The molecule has 0 radical (unpaired) electrons. The van der Waals surface area contributed by atoms with Crippen LogP contribution in [0.4, 0.5) is 0 Å². The molecular weight excluding hydrogens is 364 g/mol. The molecule has 1 aromatic rings. The van der Waals surface area contributed by atoms with Crippen LogP contribution in [0.1, 0.15) is 31.2 Å².